The molecule has 26 heavy (non-hydrogen) atoms. The van der Waals surface area contributed by atoms with Crippen LogP contribution in [0.2, 0.25) is 0 Å². The molecule has 0 radical (unpaired) electrons. The van der Waals surface area contributed by atoms with Crippen LogP contribution in [0, 0.1) is 6.92 Å². The van der Waals surface area contributed by atoms with Gasteiger partial charge in [-0.05, 0) is 63.8 Å². The van der Waals surface area contributed by atoms with Crippen molar-refractivity contribution in [2.75, 3.05) is 36.5 Å². The van der Waals surface area contributed by atoms with Crippen molar-refractivity contribution in [3.05, 3.63) is 23.8 Å². The van der Waals surface area contributed by atoms with Crippen molar-refractivity contribution in [2.24, 2.45) is 0 Å². The number of aliphatic hydroxyl groups is 1. The van der Waals surface area contributed by atoms with E-state index in [0.29, 0.717) is 19.2 Å². The highest BCUT2D eigenvalue weighted by molar-refractivity contribution is 5.90. The molecule has 3 rings (SSSR count). The largest absolute Gasteiger partial charge is 0.394 e. The van der Waals surface area contributed by atoms with Crippen LogP contribution >= 0.6 is 0 Å². The predicted molar refractivity (Wildman–Crippen MR) is 104 cm³/mol. The van der Waals surface area contributed by atoms with Gasteiger partial charge in [0.05, 0.1) is 31.9 Å². The van der Waals surface area contributed by atoms with Crippen molar-refractivity contribution in [1.29, 1.82) is 0 Å². The molecule has 144 valence electrons. The number of urea groups is 1. The molecule has 0 spiro atoms. The first-order valence-corrected chi connectivity index (χ1v) is 9.67. The second kappa shape index (κ2) is 8.27. The van der Waals surface area contributed by atoms with Crippen molar-refractivity contribution in [3.63, 3.8) is 0 Å². The van der Waals surface area contributed by atoms with Gasteiger partial charge < -0.3 is 25.0 Å². The summed E-state index contributed by atoms with van der Waals surface area (Å²) < 4.78 is 5.51. The van der Waals surface area contributed by atoms with Gasteiger partial charge in [0, 0.05) is 24.0 Å². The van der Waals surface area contributed by atoms with Crippen LogP contribution in [0.3, 0.4) is 0 Å². The van der Waals surface area contributed by atoms with Crippen molar-refractivity contribution < 1.29 is 14.6 Å². The Morgan fingerprint density at radius 1 is 1.31 bits per heavy atom. The summed E-state index contributed by atoms with van der Waals surface area (Å²) in [4.78, 5) is 16.9. The summed E-state index contributed by atoms with van der Waals surface area (Å²) in [5.74, 6) is 0. The zero-order valence-electron chi connectivity index (χ0n) is 16.1. The third kappa shape index (κ3) is 4.13. The maximum absolute atomic E-state index is 12.7. The summed E-state index contributed by atoms with van der Waals surface area (Å²) in [5.41, 5.74) is 3.13. The molecule has 2 fully saturated rings. The number of rotatable bonds is 3. The molecule has 6 heteroatoms. The van der Waals surface area contributed by atoms with Crippen molar-refractivity contribution >= 4 is 17.4 Å². The maximum atomic E-state index is 12.7. The summed E-state index contributed by atoms with van der Waals surface area (Å²) in [6.07, 6.45) is 3.47. The lowest BCUT2D eigenvalue weighted by atomic mass is 10.0. The van der Waals surface area contributed by atoms with E-state index in [9.17, 15) is 9.90 Å². The molecule has 0 saturated carbocycles. The zero-order valence-corrected chi connectivity index (χ0v) is 16.1. The van der Waals surface area contributed by atoms with Crippen LogP contribution in [0.1, 0.15) is 38.7 Å². The Morgan fingerprint density at radius 3 is 2.81 bits per heavy atom. The Labute approximate surface area is 156 Å². The highest BCUT2D eigenvalue weighted by Gasteiger charge is 2.29. The monoisotopic (exact) mass is 361 g/mol. The first-order valence-electron chi connectivity index (χ1n) is 9.67. The summed E-state index contributed by atoms with van der Waals surface area (Å²) in [5, 5.41) is 12.3. The summed E-state index contributed by atoms with van der Waals surface area (Å²) in [6, 6.07) is 6.68. The van der Waals surface area contributed by atoms with Crippen molar-refractivity contribution in [1.82, 2.24) is 4.90 Å². The van der Waals surface area contributed by atoms with Gasteiger partial charge in [0.25, 0.3) is 0 Å². The SMILES string of the molecule is Cc1cc(N2CCCC[C@@H]2C)ccc1NC(=O)N1C[C@H](CO)OC[C@H]1C. The molecule has 0 bridgehead atoms. The summed E-state index contributed by atoms with van der Waals surface area (Å²) in [6.45, 7) is 8.16. The smallest absolute Gasteiger partial charge is 0.322 e. The van der Waals surface area contributed by atoms with E-state index < -0.39 is 0 Å². The van der Waals surface area contributed by atoms with E-state index in [-0.39, 0.29) is 24.8 Å². The third-order valence-corrected chi connectivity index (χ3v) is 5.56. The topological polar surface area (TPSA) is 65.0 Å². The molecule has 2 aliphatic rings. The average Bonchev–Trinajstić information content (AvgIpc) is 2.64. The van der Waals surface area contributed by atoms with E-state index >= 15 is 0 Å². The molecule has 3 atom stereocenters. The van der Waals surface area contributed by atoms with E-state index in [2.05, 4.69) is 29.3 Å². The lowest BCUT2D eigenvalue weighted by Gasteiger charge is -2.37. The van der Waals surface area contributed by atoms with Crippen LogP contribution < -0.4 is 10.2 Å². The fraction of sp³-hybridized carbons (Fsp3) is 0.650. The van der Waals surface area contributed by atoms with Gasteiger partial charge in [0.1, 0.15) is 0 Å². The standard InChI is InChI=1S/C20H31N3O3/c1-14-10-17(22-9-5-4-6-15(22)2)7-8-19(14)21-20(25)23-11-18(12-24)26-13-16(23)3/h7-8,10,15-16,18,24H,4-6,9,11-13H2,1-3H3,(H,21,25)/t15-,16+,18+/m0/s1. The quantitative estimate of drug-likeness (QED) is 0.869. The van der Waals surface area contributed by atoms with E-state index in [0.717, 1.165) is 17.8 Å². The summed E-state index contributed by atoms with van der Waals surface area (Å²) in [7, 11) is 0. The average molecular weight is 361 g/mol. The van der Waals surface area contributed by atoms with Crippen molar-refractivity contribution in [3.8, 4) is 0 Å². The number of amides is 2. The van der Waals surface area contributed by atoms with Gasteiger partial charge in [-0.1, -0.05) is 0 Å². The van der Waals surface area contributed by atoms with Crippen LogP contribution in [0.5, 0.6) is 0 Å². The number of piperidine rings is 1. The Balaban J connectivity index is 1.68. The molecule has 2 heterocycles. The Hall–Kier alpha value is -1.79. The predicted octanol–water partition coefficient (Wildman–Crippen LogP) is 2.99. The minimum atomic E-state index is -0.305. The van der Waals surface area contributed by atoms with Crippen LogP contribution in [-0.4, -0.2) is 60.5 Å². The second-order valence-electron chi connectivity index (χ2n) is 7.61. The molecule has 0 aromatic heterocycles. The first kappa shape index (κ1) is 19.0. The number of anilines is 2. The number of nitrogens with one attached hydrogen (secondary N) is 1. The second-order valence-corrected chi connectivity index (χ2v) is 7.61. The number of carbonyl (C=O) groups is 1. The lowest BCUT2D eigenvalue weighted by Crippen LogP contribution is -2.53. The highest BCUT2D eigenvalue weighted by atomic mass is 16.5. The molecule has 2 N–H and O–H groups in total. The first-order chi connectivity index (χ1) is 12.5. The van der Waals surface area contributed by atoms with E-state index in [4.69, 9.17) is 4.74 Å². The number of ether oxygens (including phenoxy) is 1. The van der Waals surface area contributed by atoms with Gasteiger partial charge in [-0.3, -0.25) is 0 Å². The molecular formula is C20H31N3O3. The molecule has 6 nitrogen and oxygen atoms in total. The molecule has 1 aromatic rings. The van der Waals surface area contributed by atoms with Gasteiger partial charge >= 0.3 is 6.03 Å². The molecular weight excluding hydrogens is 330 g/mol. The van der Waals surface area contributed by atoms with Gasteiger partial charge in [-0.15, -0.1) is 0 Å². The Morgan fingerprint density at radius 2 is 2.12 bits per heavy atom. The molecule has 2 saturated heterocycles. The molecule has 2 amide bonds. The van der Waals surface area contributed by atoms with Crippen LogP contribution in [-0.2, 0) is 4.74 Å². The minimum Gasteiger partial charge on any atom is -0.394 e. The Bertz CT molecular complexity index is 637. The fourth-order valence-electron chi connectivity index (χ4n) is 3.85. The van der Waals surface area contributed by atoms with Crippen LogP contribution in [0.15, 0.2) is 18.2 Å². The van der Waals surface area contributed by atoms with Gasteiger partial charge in [0.2, 0.25) is 0 Å². The van der Waals surface area contributed by atoms with Crippen LogP contribution in [0.4, 0.5) is 16.2 Å². The maximum Gasteiger partial charge on any atom is 0.322 e. The zero-order chi connectivity index (χ0) is 18.7. The molecule has 2 aliphatic heterocycles. The van der Waals surface area contributed by atoms with Gasteiger partial charge in [-0.25, -0.2) is 4.79 Å². The highest BCUT2D eigenvalue weighted by Crippen LogP contribution is 2.28. The Kier molecular flexibility index (Phi) is 6.04. The number of hydrogen-bond donors (Lipinski definition) is 2. The number of aryl methyl sites for hydroxylation is 1. The molecule has 1 aromatic carbocycles. The molecule has 0 unspecified atom stereocenters. The fourth-order valence-corrected chi connectivity index (χ4v) is 3.85. The number of aliphatic hydroxyl groups excluding tert-OH is 1. The number of morpholine rings is 1. The van der Waals surface area contributed by atoms with Gasteiger partial charge in [-0.2, -0.15) is 0 Å². The minimum absolute atomic E-state index is 0.00780. The third-order valence-electron chi connectivity index (χ3n) is 5.56. The normalized spacial score (nSPS) is 26.7. The number of benzene rings is 1. The number of hydrogen-bond acceptors (Lipinski definition) is 4. The van der Waals surface area contributed by atoms with Gasteiger partial charge in [0.15, 0.2) is 0 Å². The van der Waals surface area contributed by atoms with E-state index in [1.54, 1.807) is 4.90 Å². The van der Waals surface area contributed by atoms with Crippen molar-refractivity contribution in [2.45, 2.75) is 58.2 Å². The van der Waals surface area contributed by atoms with E-state index in [1.807, 2.05) is 19.9 Å². The number of carbonyl (C=O) groups excluding carboxylic acids is 1. The van der Waals surface area contributed by atoms with E-state index in [1.165, 1.54) is 24.9 Å². The number of nitrogens with zero attached hydrogens (tertiary/aromatic N) is 2. The summed E-state index contributed by atoms with van der Waals surface area (Å²) >= 11 is 0. The van der Waals surface area contributed by atoms with Crippen LogP contribution in [0.25, 0.3) is 0 Å². The lowest BCUT2D eigenvalue weighted by molar-refractivity contribution is -0.0611. The molecule has 0 aliphatic carbocycles.